The minimum Gasteiger partial charge on any atom is -0.493 e. The van der Waals surface area contributed by atoms with Crippen LogP contribution >= 0.6 is 11.8 Å². The Morgan fingerprint density at radius 3 is 2.88 bits per heavy atom. The van der Waals surface area contributed by atoms with E-state index in [1.54, 1.807) is 12.1 Å². The van der Waals surface area contributed by atoms with Crippen molar-refractivity contribution >= 4 is 11.8 Å². The summed E-state index contributed by atoms with van der Waals surface area (Å²) in [5.41, 5.74) is 0.641. The number of ether oxygens (including phenoxy) is 1. The quantitative estimate of drug-likeness (QED) is 0.695. The van der Waals surface area contributed by atoms with Crippen molar-refractivity contribution < 1.29 is 4.74 Å². The van der Waals surface area contributed by atoms with Crippen LogP contribution in [-0.2, 0) is 0 Å². The van der Waals surface area contributed by atoms with E-state index in [4.69, 9.17) is 10.00 Å². The zero-order valence-corrected chi connectivity index (χ0v) is 11.2. The van der Waals surface area contributed by atoms with Gasteiger partial charge in [-0.2, -0.15) is 17.0 Å². The van der Waals surface area contributed by atoms with E-state index in [0.717, 1.165) is 23.8 Å². The molecular formula is C13H18N2OS. The Morgan fingerprint density at radius 2 is 2.18 bits per heavy atom. The highest BCUT2D eigenvalue weighted by molar-refractivity contribution is 7.99. The van der Waals surface area contributed by atoms with Crippen molar-refractivity contribution in [2.24, 2.45) is 0 Å². The minimum absolute atomic E-state index is 0.641. The molecule has 0 aliphatic heterocycles. The van der Waals surface area contributed by atoms with E-state index in [1.165, 1.54) is 0 Å². The third-order valence-corrected chi connectivity index (χ3v) is 3.07. The van der Waals surface area contributed by atoms with Gasteiger partial charge in [0.15, 0.2) is 0 Å². The number of rotatable bonds is 7. The number of hydrogen-bond acceptors (Lipinski definition) is 4. The summed E-state index contributed by atoms with van der Waals surface area (Å²) in [5.74, 6) is 2.87. The maximum Gasteiger partial charge on any atom is 0.120 e. The molecule has 0 unspecified atom stereocenters. The van der Waals surface area contributed by atoms with E-state index in [9.17, 15) is 0 Å². The molecule has 0 heterocycles. The van der Waals surface area contributed by atoms with Crippen LogP contribution in [0.4, 0.5) is 0 Å². The first-order chi connectivity index (χ1) is 8.22. The Balaban J connectivity index is 2.16. The SMILES string of the molecule is CN(C)CCSCCOc1cccc(C#N)c1. The minimum atomic E-state index is 0.641. The second-order valence-corrected chi connectivity index (χ2v) is 5.13. The topological polar surface area (TPSA) is 36.3 Å². The fourth-order valence-electron chi connectivity index (χ4n) is 1.22. The highest BCUT2D eigenvalue weighted by Crippen LogP contribution is 2.13. The molecule has 0 atom stereocenters. The summed E-state index contributed by atoms with van der Waals surface area (Å²) in [4.78, 5) is 2.17. The van der Waals surface area contributed by atoms with Gasteiger partial charge in [-0.1, -0.05) is 6.07 Å². The Morgan fingerprint density at radius 1 is 1.35 bits per heavy atom. The van der Waals surface area contributed by atoms with E-state index < -0.39 is 0 Å². The standard InChI is InChI=1S/C13H18N2OS/c1-15(2)6-8-17-9-7-16-13-5-3-4-12(10-13)11-14/h3-5,10H,6-9H2,1-2H3. The van der Waals surface area contributed by atoms with Gasteiger partial charge in [0, 0.05) is 18.1 Å². The van der Waals surface area contributed by atoms with Crippen LogP contribution in [0.15, 0.2) is 24.3 Å². The molecule has 0 aromatic heterocycles. The van der Waals surface area contributed by atoms with E-state index in [0.29, 0.717) is 12.2 Å². The molecule has 3 nitrogen and oxygen atoms in total. The van der Waals surface area contributed by atoms with Crippen LogP contribution in [0.5, 0.6) is 5.75 Å². The summed E-state index contributed by atoms with van der Waals surface area (Å²) < 4.78 is 5.57. The molecular weight excluding hydrogens is 232 g/mol. The van der Waals surface area contributed by atoms with Gasteiger partial charge in [-0.25, -0.2) is 0 Å². The maximum absolute atomic E-state index is 8.74. The first-order valence-corrected chi connectivity index (χ1v) is 6.73. The lowest BCUT2D eigenvalue weighted by Crippen LogP contribution is -2.15. The van der Waals surface area contributed by atoms with Crippen LogP contribution in [0.3, 0.4) is 0 Å². The zero-order valence-electron chi connectivity index (χ0n) is 10.3. The summed E-state index contributed by atoms with van der Waals surface area (Å²) in [6, 6.07) is 9.37. The lowest BCUT2D eigenvalue weighted by molar-refractivity contribution is 0.343. The van der Waals surface area contributed by atoms with Gasteiger partial charge in [-0.15, -0.1) is 0 Å². The predicted molar refractivity (Wildman–Crippen MR) is 72.5 cm³/mol. The zero-order chi connectivity index (χ0) is 12.5. The molecule has 1 aromatic rings. The average Bonchev–Trinajstić information content (AvgIpc) is 2.33. The third kappa shape index (κ3) is 6.20. The number of nitrogens with zero attached hydrogens (tertiary/aromatic N) is 2. The van der Waals surface area contributed by atoms with Crippen LogP contribution in [0.25, 0.3) is 0 Å². The molecule has 0 aliphatic carbocycles. The van der Waals surface area contributed by atoms with Gasteiger partial charge in [0.1, 0.15) is 5.75 Å². The van der Waals surface area contributed by atoms with E-state index in [1.807, 2.05) is 23.9 Å². The van der Waals surface area contributed by atoms with Crippen molar-refractivity contribution in [1.29, 1.82) is 5.26 Å². The summed E-state index contributed by atoms with van der Waals surface area (Å²) >= 11 is 1.88. The van der Waals surface area contributed by atoms with Crippen LogP contribution < -0.4 is 4.74 Å². The Kier molecular flexibility index (Phi) is 6.53. The molecule has 0 radical (unpaired) electrons. The van der Waals surface area contributed by atoms with Crippen molar-refractivity contribution in [3.05, 3.63) is 29.8 Å². The van der Waals surface area contributed by atoms with Gasteiger partial charge < -0.3 is 9.64 Å². The third-order valence-electron chi connectivity index (χ3n) is 2.14. The van der Waals surface area contributed by atoms with Crippen molar-refractivity contribution in [1.82, 2.24) is 4.90 Å². The predicted octanol–water partition coefficient (Wildman–Crippen LogP) is 2.23. The Hall–Kier alpha value is -1.18. The number of nitriles is 1. The van der Waals surface area contributed by atoms with Crippen molar-refractivity contribution in [3.8, 4) is 11.8 Å². The fraction of sp³-hybridized carbons (Fsp3) is 0.462. The van der Waals surface area contributed by atoms with Crippen LogP contribution in [0, 0.1) is 11.3 Å². The van der Waals surface area contributed by atoms with Crippen LogP contribution in [-0.4, -0.2) is 43.7 Å². The van der Waals surface area contributed by atoms with Crippen molar-refractivity contribution in [2.75, 3.05) is 38.8 Å². The molecule has 0 bridgehead atoms. The van der Waals surface area contributed by atoms with Crippen LogP contribution in [0.1, 0.15) is 5.56 Å². The van der Waals surface area contributed by atoms with Crippen molar-refractivity contribution in [3.63, 3.8) is 0 Å². The second kappa shape index (κ2) is 7.99. The molecule has 1 rings (SSSR count). The first kappa shape index (κ1) is 13.9. The number of hydrogen-bond donors (Lipinski definition) is 0. The molecule has 0 saturated carbocycles. The molecule has 0 spiro atoms. The molecule has 0 N–H and O–H groups in total. The smallest absolute Gasteiger partial charge is 0.120 e. The summed E-state index contributed by atoms with van der Waals surface area (Å²) in [6.07, 6.45) is 0. The fourth-order valence-corrected chi connectivity index (χ4v) is 2.12. The molecule has 17 heavy (non-hydrogen) atoms. The molecule has 0 fully saturated rings. The van der Waals surface area contributed by atoms with Gasteiger partial charge >= 0.3 is 0 Å². The monoisotopic (exact) mass is 250 g/mol. The van der Waals surface area contributed by atoms with Gasteiger partial charge in [-0.05, 0) is 32.3 Å². The molecule has 0 amide bonds. The van der Waals surface area contributed by atoms with Gasteiger partial charge in [0.25, 0.3) is 0 Å². The number of thioether (sulfide) groups is 1. The van der Waals surface area contributed by atoms with Gasteiger partial charge in [0.05, 0.1) is 18.2 Å². The lowest BCUT2D eigenvalue weighted by Gasteiger charge is -2.09. The number of benzene rings is 1. The molecule has 0 aliphatic rings. The summed E-state index contributed by atoms with van der Waals surface area (Å²) in [5, 5.41) is 8.74. The Labute approximate surface area is 107 Å². The first-order valence-electron chi connectivity index (χ1n) is 5.58. The highest BCUT2D eigenvalue weighted by atomic mass is 32.2. The molecule has 4 heteroatoms. The summed E-state index contributed by atoms with van der Waals surface area (Å²) in [6.45, 7) is 1.78. The lowest BCUT2D eigenvalue weighted by atomic mass is 10.2. The van der Waals surface area contributed by atoms with Crippen molar-refractivity contribution in [2.45, 2.75) is 0 Å². The van der Waals surface area contributed by atoms with E-state index in [2.05, 4.69) is 25.1 Å². The van der Waals surface area contributed by atoms with E-state index >= 15 is 0 Å². The van der Waals surface area contributed by atoms with Gasteiger partial charge in [0.2, 0.25) is 0 Å². The second-order valence-electron chi connectivity index (χ2n) is 3.90. The largest absolute Gasteiger partial charge is 0.493 e. The van der Waals surface area contributed by atoms with Crippen LogP contribution in [0.2, 0.25) is 0 Å². The molecule has 1 aromatic carbocycles. The average molecular weight is 250 g/mol. The maximum atomic E-state index is 8.74. The normalized spacial score (nSPS) is 10.2. The molecule has 92 valence electrons. The molecule has 0 saturated heterocycles. The summed E-state index contributed by atoms with van der Waals surface area (Å²) in [7, 11) is 4.15. The van der Waals surface area contributed by atoms with E-state index in [-0.39, 0.29) is 0 Å². The highest BCUT2D eigenvalue weighted by Gasteiger charge is 1.96. The van der Waals surface area contributed by atoms with Gasteiger partial charge in [-0.3, -0.25) is 0 Å². The Bertz CT molecular complexity index is 374.